The van der Waals surface area contributed by atoms with Gasteiger partial charge in [0.05, 0.1) is 31.8 Å². The van der Waals surface area contributed by atoms with E-state index in [1.807, 2.05) is 69.2 Å². The van der Waals surface area contributed by atoms with Gasteiger partial charge < -0.3 is 38.6 Å². The van der Waals surface area contributed by atoms with Gasteiger partial charge in [-0.15, -0.1) is 0 Å². The van der Waals surface area contributed by atoms with E-state index in [1.165, 1.54) is 0 Å². The molecule has 2 aromatic rings. The highest BCUT2D eigenvalue weighted by Crippen LogP contribution is 2.39. The van der Waals surface area contributed by atoms with Crippen LogP contribution in [-0.4, -0.2) is 85.9 Å². The van der Waals surface area contributed by atoms with Gasteiger partial charge >= 0.3 is 11.9 Å². The summed E-state index contributed by atoms with van der Waals surface area (Å²) in [5.74, 6) is -2.94. The van der Waals surface area contributed by atoms with Gasteiger partial charge in [-0.25, -0.2) is 9.59 Å². The average molecular weight is 769 g/mol. The average Bonchev–Trinajstić information content (AvgIpc) is 3.08. The van der Waals surface area contributed by atoms with Crippen LogP contribution in [0.1, 0.15) is 103 Å². The van der Waals surface area contributed by atoms with Crippen LogP contribution in [0.5, 0.6) is 11.5 Å². The molecule has 0 radical (unpaired) electrons. The number of rotatable bonds is 12. The van der Waals surface area contributed by atoms with Crippen LogP contribution in [0.25, 0.3) is 0 Å². The first kappa shape index (κ1) is 43.9. The molecule has 2 aliphatic rings. The van der Waals surface area contributed by atoms with Gasteiger partial charge in [-0.05, 0) is 58.1 Å². The van der Waals surface area contributed by atoms with Crippen molar-refractivity contribution in [1.29, 1.82) is 0 Å². The maximum Gasteiger partial charge on any atom is 0.374 e. The van der Waals surface area contributed by atoms with E-state index in [2.05, 4.69) is 0 Å². The number of phenolic OH excluding ortho intramolecular Hbond substituents is 2. The smallest absolute Gasteiger partial charge is 0.374 e. The Kier molecular flexibility index (Phi) is 13.0. The van der Waals surface area contributed by atoms with Crippen molar-refractivity contribution < 1.29 is 57.8 Å². The van der Waals surface area contributed by atoms with E-state index < -0.39 is 52.3 Å². The zero-order chi connectivity index (χ0) is 41.3. The third-order valence-electron chi connectivity index (χ3n) is 10.1. The number of hydrogen-bond donors (Lipinski definition) is 2. The summed E-state index contributed by atoms with van der Waals surface area (Å²) in [7, 11) is 0. The highest BCUT2D eigenvalue weighted by Gasteiger charge is 2.48. The normalized spacial score (nSPS) is 20.9. The predicted molar refractivity (Wildman–Crippen MR) is 204 cm³/mol. The highest BCUT2D eigenvalue weighted by atomic mass is 16.7. The second-order valence-electron chi connectivity index (χ2n) is 18.9. The zero-order valence-corrected chi connectivity index (χ0v) is 34.6. The molecule has 0 bridgehead atoms. The number of carbonyl (C=O) groups is 4. The number of aromatic hydroxyl groups is 2. The van der Waals surface area contributed by atoms with Crippen molar-refractivity contribution in [2.45, 2.75) is 119 Å². The monoisotopic (exact) mass is 768 g/mol. The molecule has 0 saturated carbocycles. The van der Waals surface area contributed by atoms with Gasteiger partial charge in [0.25, 0.3) is 0 Å². The summed E-state index contributed by atoms with van der Waals surface area (Å²) in [6, 6.07) is 6.90. The maximum atomic E-state index is 12.8. The van der Waals surface area contributed by atoms with Crippen LogP contribution in [0.4, 0.5) is 0 Å². The Morgan fingerprint density at radius 1 is 0.600 bits per heavy atom. The summed E-state index contributed by atoms with van der Waals surface area (Å²) in [6.07, 6.45) is -1.77. The van der Waals surface area contributed by atoms with Gasteiger partial charge in [-0.3, -0.25) is 9.59 Å². The fourth-order valence-electron chi connectivity index (χ4n) is 6.63. The molecule has 4 rings (SSSR count). The number of ketones is 2. The third-order valence-corrected chi connectivity index (χ3v) is 10.1. The molecule has 1 spiro atoms. The lowest BCUT2D eigenvalue weighted by atomic mass is 9.83. The summed E-state index contributed by atoms with van der Waals surface area (Å²) >= 11 is 0. The third kappa shape index (κ3) is 10.7. The molecule has 304 valence electrons. The Labute approximate surface area is 325 Å². The molecule has 2 heterocycles. The fourth-order valence-corrected chi connectivity index (χ4v) is 6.63. The van der Waals surface area contributed by atoms with Gasteiger partial charge in [0.1, 0.15) is 24.7 Å². The molecule has 2 N–H and O–H groups in total. The number of ether oxygens (including phenoxy) is 6. The van der Waals surface area contributed by atoms with Crippen LogP contribution in [0.15, 0.2) is 24.3 Å². The van der Waals surface area contributed by atoms with Crippen molar-refractivity contribution in [2.24, 2.45) is 16.2 Å². The Balaban J connectivity index is 1.23. The fraction of sp³-hybridized carbons (Fsp3) is 0.628. The second kappa shape index (κ2) is 16.3. The molecule has 0 atom stereocenters. The molecule has 12 heteroatoms. The minimum atomic E-state index is -0.955. The molecule has 2 aromatic carbocycles. The van der Waals surface area contributed by atoms with Gasteiger partial charge in [0.2, 0.25) is 11.6 Å². The first-order chi connectivity index (χ1) is 25.2. The predicted octanol–water partition coefficient (Wildman–Crippen LogP) is 6.10. The minimum Gasteiger partial charge on any atom is -0.507 e. The number of Topliss-reactive ketones (excluding diaryl/α,β-unsaturated/α-hetero) is 2. The van der Waals surface area contributed by atoms with Crippen LogP contribution in [-0.2, 0) is 71.3 Å². The van der Waals surface area contributed by atoms with Gasteiger partial charge in [-0.2, -0.15) is 0 Å². The standard InChI is InChI=1S/C43H60O12/c1-25-13-27(15-29(33(25)46)39(3,4)5)17-31(44)35(48)50-19-41(9,10)37-52-21-43(22-53-37)23-54-38(55-24-43)42(11,12)20-51-36(49)32(45)18-28-14-26(2)34(47)30(16-28)40(6,7)8/h13-16,37-38,46-47H,17-24H2,1-12H3. The number of esters is 2. The number of benzene rings is 2. The van der Waals surface area contributed by atoms with E-state index in [1.54, 1.807) is 38.1 Å². The molecule has 0 aromatic heterocycles. The summed E-state index contributed by atoms with van der Waals surface area (Å²) < 4.78 is 35.3. The number of phenols is 2. The molecule has 55 heavy (non-hydrogen) atoms. The zero-order valence-electron chi connectivity index (χ0n) is 34.6. The lowest BCUT2D eigenvalue weighted by Crippen LogP contribution is -2.57. The van der Waals surface area contributed by atoms with E-state index in [4.69, 9.17) is 28.4 Å². The van der Waals surface area contributed by atoms with Crippen molar-refractivity contribution in [2.75, 3.05) is 39.6 Å². The van der Waals surface area contributed by atoms with Crippen LogP contribution in [0.3, 0.4) is 0 Å². The lowest BCUT2D eigenvalue weighted by molar-refractivity contribution is -0.337. The summed E-state index contributed by atoms with van der Waals surface area (Å²) in [5.41, 5.74) is 1.03. The Bertz CT molecular complexity index is 1630. The van der Waals surface area contributed by atoms with E-state index in [0.717, 1.165) is 0 Å². The minimum absolute atomic E-state index is 0.117. The van der Waals surface area contributed by atoms with Crippen molar-refractivity contribution in [3.8, 4) is 11.5 Å². The number of carbonyl (C=O) groups excluding carboxylic acids is 4. The van der Waals surface area contributed by atoms with Crippen LogP contribution < -0.4 is 0 Å². The van der Waals surface area contributed by atoms with Gasteiger partial charge in [-0.1, -0.05) is 93.5 Å². The molecule has 0 amide bonds. The molecule has 2 saturated heterocycles. The summed E-state index contributed by atoms with van der Waals surface area (Å²) in [5, 5.41) is 21.0. The van der Waals surface area contributed by atoms with Crippen molar-refractivity contribution in [3.63, 3.8) is 0 Å². The lowest BCUT2D eigenvalue weighted by Gasteiger charge is -2.48. The Hall–Kier alpha value is -3.84. The second-order valence-corrected chi connectivity index (χ2v) is 18.9. The molecule has 12 nitrogen and oxygen atoms in total. The summed E-state index contributed by atoms with van der Waals surface area (Å²) in [4.78, 5) is 51.1. The molecule has 2 fully saturated rings. The number of hydrogen-bond acceptors (Lipinski definition) is 12. The Morgan fingerprint density at radius 2 is 0.909 bits per heavy atom. The van der Waals surface area contributed by atoms with Crippen LogP contribution in [0, 0.1) is 30.1 Å². The Morgan fingerprint density at radius 3 is 1.20 bits per heavy atom. The topological polar surface area (TPSA) is 164 Å². The van der Waals surface area contributed by atoms with Crippen molar-refractivity contribution in [1.82, 2.24) is 0 Å². The SMILES string of the molecule is Cc1cc(CC(=O)C(=O)OCC(C)(C)C2OCC3(CO2)COC(C(C)(C)COC(=O)C(=O)Cc2cc(C)c(O)c(C(C)(C)C)c2)OC3)cc(C(C)(C)C)c1O. The van der Waals surface area contributed by atoms with Crippen molar-refractivity contribution >= 4 is 23.5 Å². The van der Waals surface area contributed by atoms with E-state index in [-0.39, 0.29) is 74.8 Å². The summed E-state index contributed by atoms with van der Waals surface area (Å²) in [6.45, 7) is 23.3. The largest absolute Gasteiger partial charge is 0.507 e. The van der Waals surface area contributed by atoms with Gasteiger partial charge in [0, 0.05) is 23.7 Å². The highest BCUT2D eigenvalue weighted by molar-refractivity contribution is 6.34. The van der Waals surface area contributed by atoms with E-state index >= 15 is 0 Å². The first-order valence-corrected chi connectivity index (χ1v) is 18.8. The maximum absolute atomic E-state index is 12.8. The van der Waals surface area contributed by atoms with Crippen molar-refractivity contribution in [3.05, 3.63) is 57.6 Å². The van der Waals surface area contributed by atoms with E-state index in [9.17, 15) is 29.4 Å². The molecule has 2 aliphatic heterocycles. The number of aryl methyl sites for hydroxylation is 2. The van der Waals surface area contributed by atoms with E-state index in [0.29, 0.717) is 33.4 Å². The quantitative estimate of drug-likeness (QED) is 0.189. The van der Waals surface area contributed by atoms with Gasteiger partial charge in [0.15, 0.2) is 12.6 Å². The molecule has 0 unspecified atom stereocenters. The van der Waals surface area contributed by atoms with Crippen LogP contribution >= 0.6 is 0 Å². The first-order valence-electron chi connectivity index (χ1n) is 18.8. The van der Waals surface area contributed by atoms with Crippen LogP contribution in [0.2, 0.25) is 0 Å². The molecular formula is C43H60O12. The molecule has 0 aliphatic carbocycles. The molecular weight excluding hydrogens is 708 g/mol.